The zero-order valence-corrected chi connectivity index (χ0v) is 11.1. The number of hydrogen-bond acceptors (Lipinski definition) is 2. The molecule has 1 aromatic heterocycles. The van der Waals surface area contributed by atoms with Crippen LogP contribution in [0.3, 0.4) is 0 Å². The quantitative estimate of drug-likeness (QED) is 0.790. The van der Waals surface area contributed by atoms with Crippen LogP contribution in [0, 0.1) is 5.92 Å². The third-order valence-electron chi connectivity index (χ3n) is 2.64. The second-order valence-electron chi connectivity index (χ2n) is 4.09. The van der Waals surface area contributed by atoms with E-state index in [2.05, 4.69) is 32.9 Å². The summed E-state index contributed by atoms with van der Waals surface area (Å²) >= 11 is 9.32. The Labute approximate surface area is 104 Å². The summed E-state index contributed by atoms with van der Waals surface area (Å²) in [5.41, 5.74) is 1.09. The normalized spacial score (nSPS) is 15.4. The standard InChI is InChI=1S/C11H14BrClN2/c1-15(7-8-2-3-8)11-9(5-13)4-10(12)6-14-11/h4,6,8H,2-3,5,7H2,1H3. The number of aromatic nitrogens is 1. The first kappa shape index (κ1) is 11.2. The topological polar surface area (TPSA) is 16.1 Å². The number of halogens is 2. The molecule has 0 spiro atoms. The van der Waals surface area contributed by atoms with Gasteiger partial charge >= 0.3 is 0 Å². The average molecular weight is 290 g/mol. The van der Waals surface area contributed by atoms with E-state index < -0.39 is 0 Å². The summed E-state index contributed by atoms with van der Waals surface area (Å²) in [5, 5.41) is 0. The molecule has 1 fully saturated rings. The maximum atomic E-state index is 5.91. The van der Waals surface area contributed by atoms with Crippen LogP contribution in [-0.4, -0.2) is 18.6 Å². The van der Waals surface area contributed by atoms with E-state index in [0.29, 0.717) is 5.88 Å². The molecule has 2 rings (SSSR count). The number of nitrogens with zero attached hydrogens (tertiary/aromatic N) is 2. The summed E-state index contributed by atoms with van der Waals surface area (Å²) in [6, 6.07) is 2.04. The maximum absolute atomic E-state index is 5.91. The van der Waals surface area contributed by atoms with Gasteiger partial charge < -0.3 is 4.90 Å². The van der Waals surface area contributed by atoms with Gasteiger partial charge in [0.15, 0.2) is 0 Å². The van der Waals surface area contributed by atoms with E-state index in [1.165, 1.54) is 12.8 Å². The van der Waals surface area contributed by atoms with Gasteiger partial charge in [-0.3, -0.25) is 0 Å². The highest BCUT2D eigenvalue weighted by Gasteiger charge is 2.24. The van der Waals surface area contributed by atoms with Gasteiger partial charge in [-0.25, -0.2) is 4.98 Å². The minimum absolute atomic E-state index is 0.511. The molecular formula is C11H14BrClN2. The summed E-state index contributed by atoms with van der Waals surface area (Å²) in [6.07, 6.45) is 4.54. The molecular weight excluding hydrogens is 275 g/mol. The van der Waals surface area contributed by atoms with Crippen molar-refractivity contribution in [3.63, 3.8) is 0 Å². The number of anilines is 1. The van der Waals surface area contributed by atoms with Crippen molar-refractivity contribution in [1.82, 2.24) is 4.98 Å². The third-order valence-corrected chi connectivity index (χ3v) is 3.37. The number of hydrogen-bond donors (Lipinski definition) is 0. The first-order chi connectivity index (χ1) is 7.20. The molecule has 0 amide bonds. The Morgan fingerprint density at radius 2 is 2.33 bits per heavy atom. The molecule has 0 aromatic carbocycles. The Morgan fingerprint density at radius 3 is 2.93 bits per heavy atom. The molecule has 0 aliphatic heterocycles. The van der Waals surface area contributed by atoms with Crippen LogP contribution in [0.25, 0.3) is 0 Å². The molecule has 1 aromatic rings. The molecule has 0 bridgehead atoms. The lowest BCUT2D eigenvalue weighted by Gasteiger charge is -2.20. The highest BCUT2D eigenvalue weighted by Crippen LogP contribution is 2.31. The second-order valence-corrected chi connectivity index (χ2v) is 5.28. The number of alkyl halides is 1. The molecule has 0 radical (unpaired) electrons. The average Bonchev–Trinajstić information content (AvgIpc) is 3.01. The fourth-order valence-electron chi connectivity index (χ4n) is 1.69. The van der Waals surface area contributed by atoms with Crippen LogP contribution in [0.15, 0.2) is 16.7 Å². The monoisotopic (exact) mass is 288 g/mol. The molecule has 0 atom stereocenters. The van der Waals surface area contributed by atoms with Crippen LogP contribution in [0.4, 0.5) is 5.82 Å². The van der Waals surface area contributed by atoms with E-state index in [-0.39, 0.29) is 0 Å². The molecule has 0 saturated heterocycles. The number of rotatable bonds is 4. The molecule has 15 heavy (non-hydrogen) atoms. The van der Waals surface area contributed by atoms with Gasteiger partial charge in [0.1, 0.15) is 5.82 Å². The summed E-state index contributed by atoms with van der Waals surface area (Å²) in [4.78, 5) is 6.63. The first-order valence-corrected chi connectivity index (χ1v) is 6.45. The van der Waals surface area contributed by atoms with E-state index in [1.807, 2.05) is 12.3 Å². The maximum Gasteiger partial charge on any atom is 0.132 e. The van der Waals surface area contributed by atoms with Crippen LogP contribution < -0.4 is 4.90 Å². The smallest absolute Gasteiger partial charge is 0.132 e. The van der Waals surface area contributed by atoms with Gasteiger partial charge in [0.25, 0.3) is 0 Å². The van der Waals surface area contributed by atoms with E-state index >= 15 is 0 Å². The van der Waals surface area contributed by atoms with Crippen molar-refractivity contribution in [1.29, 1.82) is 0 Å². The van der Waals surface area contributed by atoms with Crippen LogP contribution in [0.1, 0.15) is 18.4 Å². The summed E-state index contributed by atoms with van der Waals surface area (Å²) in [5.74, 6) is 2.39. The van der Waals surface area contributed by atoms with Gasteiger partial charge in [-0.05, 0) is 40.8 Å². The fourth-order valence-corrected chi connectivity index (χ4v) is 2.27. The minimum atomic E-state index is 0.511. The van der Waals surface area contributed by atoms with Crippen LogP contribution in [0.5, 0.6) is 0 Å². The van der Waals surface area contributed by atoms with E-state index in [0.717, 1.165) is 28.3 Å². The zero-order valence-electron chi connectivity index (χ0n) is 8.71. The Bertz CT molecular complexity index is 352. The Morgan fingerprint density at radius 1 is 1.60 bits per heavy atom. The lowest BCUT2D eigenvalue weighted by atomic mass is 10.2. The molecule has 1 aliphatic rings. The Balaban J connectivity index is 2.17. The van der Waals surface area contributed by atoms with Crippen molar-refractivity contribution in [3.05, 3.63) is 22.3 Å². The molecule has 0 N–H and O–H groups in total. The van der Waals surface area contributed by atoms with Crippen molar-refractivity contribution in [2.24, 2.45) is 5.92 Å². The van der Waals surface area contributed by atoms with E-state index in [9.17, 15) is 0 Å². The zero-order chi connectivity index (χ0) is 10.8. The summed E-state index contributed by atoms with van der Waals surface area (Å²) < 4.78 is 0.988. The van der Waals surface area contributed by atoms with Gasteiger partial charge in [0.05, 0.1) is 5.88 Å². The van der Waals surface area contributed by atoms with E-state index in [4.69, 9.17) is 11.6 Å². The Hall–Kier alpha value is -0.280. The molecule has 82 valence electrons. The molecule has 1 aliphatic carbocycles. The van der Waals surface area contributed by atoms with Crippen LogP contribution in [-0.2, 0) is 5.88 Å². The lowest BCUT2D eigenvalue weighted by molar-refractivity contribution is 0.774. The molecule has 2 nitrogen and oxygen atoms in total. The second kappa shape index (κ2) is 4.71. The Kier molecular flexibility index (Phi) is 3.52. The van der Waals surface area contributed by atoms with Gasteiger partial charge in [-0.1, -0.05) is 0 Å². The van der Waals surface area contributed by atoms with Crippen LogP contribution in [0.2, 0.25) is 0 Å². The number of pyridine rings is 1. The molecule has 4 heteroatoms. The van der Waals surface area contributed by atoms with Crippen molar-refractivity contribution in [2.45, 2.75) is 18.7 Å². The van der Waals surface area contributed by atoms with E-state index in [1.54, 1.807) is 0 Å². The van der Waals surface area contributed by atoms with Crippen molar-refractivity contribution >= 4 is 33.3 Å². The lowest BCUT2D eigenvalue weighted by Crippen LogP contribution is -2.22. The fraction of sp³-hybridized carbons (Fsp3) is 0.545. The highest BCUT2D eigenvalue weighted by atomic mass is 79.9. The molecule has 1 saturated carbocycles. The van der Waals surface area contributed by atoms with Gasteiger partial charge in [0, 0.05) is 29.8 Å². The third kappa shape index (κ3) is 2.85. The van der Waals surface area contributed by atoms with Gasteiger partial charge in [-0.2, -0.15) is 0 Å². The van der Waals surface area contributed by atoms with Crippen molar-refractivity contribution in [2.75, 3.05) is 18.5 Å². The van der Waals surface area contributed by atoms with Gasteiger partial charge in [-0.15, -0.1) is 11.6 Å². The largest absolute Gasteiger partial charge is 0.359 e. The summed E-state index contributed by atoms with van der Waals surface area (Å²) in [6.45, 7) is 1.10. The first-order valence-electron chi connectivity index (χ1n) is 5.12. The summed E-state index contributed by atoms with van der Waals surface area (Å²) in [7, 11) is 2.09. The predicted molar refractivity (Wildman–Crippen MR) is 67.5 cm³/mol. The molecule has 1 heterocycles. The van der Waals surface area contributed by atoms with Crippen molar-refractivity contribution in [3.8, 4) is 0 Å². The van der Waals surface area contributed by atoms with Crippen LogP contribution >= 0.6 is 27.5 Å². The minimum Gasteiger partial charge on any atom is -0.359 e. The van der Waals surface area contributed by atoms with Gasteiger partial charge in [0.2, 0.25) is 0 Å². The van der Waals surface area contributed by atoms with Crippen molar-refractivity contribution < 1.29 is 0 Å². The SMILES string of the molecule is CN(CC1CC1)c1ncc(Br)cc1CCl. The molecule has 0 unspecified atom stereocenters. The highest BCUT2D eigenvalue weighted by molar-refractivity contribution is 9.10. The predicted octanol–water partition coefficient (Wildman–Crippen LogP) is 3.43.